The van der Waals surface area contributed by atoms with Crippen LogP contribution in [0, 0.1) is 0 Å². The van der Waals surface area contributed by atoms with Gasteiger partial charge in [-0.1, -0.05) is 0 Å². The molecule has 6 heteroatoms. The van der Waals surface area contributed by atoms with Gasteiger partial charge in [0.05, 0.1) is 6.61 Å². The van der Waals surface area contributed by atoms with Crippen LogP contribution in [0.4, 0.5) is 0 Å². The summed E-state index contributed by atoms with van der Waals surface area (Å²) in [7, 11) is 1.75. The van der Waals surface area contributed by atoms with Crippen LogP contribution in [0.2, 0.25) is 0 Å². The van der Waals surface area contributed by atoms with Gasteiger partial charge in [0.25, 0.3) is 0 Å². The lowest BCUT2D eigenvalue weighted by atomic mass is 10.4. The molecule has 0 radical (unpaired) electrons. The number of carbonyl (C=O) groups excluding carboxylic acids is 2. The van der Waals surface area contributed by atoms with Crippen molar-refractivity contribution in [1.29, 1.82) is 0 Å². The molecular formula is C13H25N3O3. The molecule has 0 aromatic carbocycles. The predicted molar refractivity (Wildman–Crippen MR) is 72.6 cm³/mol. The first kappa shape index (κ1) is 15.9. The van der Waals surface area contributed by atoms with Crippen LogP contribution in [0.25, 0.3) is 0 Å². The van der Waals surface area contributed by atoms with Gasteiger partial charge in [-0.25, -0.2) is 0 Å². The molecule has 1 rings (SSSR count). The normalized spacial score (nSPS) is 19.5. The Morgan fingerprint density at radius 2 is 1.89 bits per heavy atom. The van der Waals surface area contributed by atoms with Crippen molar-refractivity contribution in [3.8, 4) is 0 Å². The van der Waals surface area contributed by atoms with Crippen LogP contribution in [0.15, 0.2) is 0 Å². The Labute approximate surface area is 115 Å². The fraction of sp³-hybridized carbons (Fsp3) is 0.846. The van der Waals surface area contributed by atoms with Crippen LogP contribution in [0.1, 0.15) is 20.8 Å². The molecule has 0 aromatic heterocycles. The monoisotopic (exact) mass is 271 g/mol. The third-order valence-electron chi connectivity index (χ3n) is 3.60. The van der Waals surface area contributed by atoms with Gasteiger partial charge < -0.3 is 14.5 Å². The van der Waals surface area contributed by atoms with Crippen molar-refractivity contribution in [2.24, 2.45) is 0 Å². The van der Waals surface area contributed by atoms with Crippen LogP contribution < -0.4 is 0 Å². The number of carbonyl (C=O) groups is 2. The van der Waals surface area contributed by atoms with E-state index in [1.165, 1.54) is 6.92 Å². The average Bonchev–Trinajstić information content (AvgIpc) is 2.74. The molecule has 19 heavy (non-hydrogen) atoms. The van der Waals surface area contributed by atoms with Crippen LogP contribution >= 0.6 is 0 Å². The Balaban J connectivity index is 2.36. The van der Waals surface area contributed by atoms with E-state index >= 15 is 0 Å². The maximum absolute atomic E-state index is 11.6. The van der Waals surface area contributed by atoms with Crippen molar-refractivity contribution in [3.63, 3.8) is 0 Å². The van der Waals surface area contributed by atoms with Gasteiger partial charge in [-0.05, 0) is 6.92 Å². The SMILES string of the molecule is CC(=O)N(C)CCN(CCN1CCOC1C)C(C)=O. The van der Waals surface area contributed by atoms with Gasteiger partial charge in [0.2, 0.25) is 11.8 Å². The van der Waals surface area contributed by atoms with Crippen molar-refractivity contribution in [2.75, 3.05) is 46.4 Å². The van der Waals surface area contributed by atoms with E-state index in [9.17, 15) is 9.59 Å². The van der Waals surface area contributed by atoms with Gasteiger partial charge in [-0.2, -0.15) is 0 Å². The number of hydrogen-bond acceptors (Lipinski definition) is 4. The quantitative estimate of drug-likeness (QED) is 0.682. The zero-order valence-electron chi connectivity index (χ0n) is 12.4. The zero-order chi connectivity index (χ0) is 14.4. The van der Waals surface area contributed by atoms with E-state index in [-0.39, 0.29) is 18.0 Å². The van der Waals surface area contributed by atoms with Crippen molar-refractivity contribution < 1.29 is 14.3 Å². The molecular weight excluding hydrogens is 246 g/mol. The first-order valence-electron chi connectivity index (χ1n) is 6.74. The van der Waals surface area contributed by atoms with Gasteiger partial charge in [0, 0.05) is 53.6 Å². The Morgan fingerprint density at radius 3 is 2.37 bits per heavy atom. The summed E-state index contributed by atoms with van der Waals surface area (Å²) in [5.41, 5.74) is 0. The summed E-state index contributed by atoms with van der Waals surface area (Å²) in [5, 5.41) is 0. The molecule has 0 saturated carbocycles. The number of nitrogens with zero attached hydrogens (tertiary/aromatic N) is 3. The summed E-state index contributed by atoms with van der Waals surface area (Å²) in [4.78, 5) is 28.3. The molecule has 1 heterocycles. The van der Waals surface area contributed by atoms with Crippen LogP contribution in [0.3, 0.4) is 0 Å². The molecule has 1 saturated heterocycles. The van der Waals surface area contributed by atoms with E-state index in [1.807, 2.05) is 6.92 Å². The lowest BCUT2D eigenvalue weighted by Gasteiger charge is -2.27. The fourth-order valence-corrected chi connectivity index (χ4v) is 2.03. The first-order chi connectivity index (χ1) is 8.91. The summed E-state index contributed by atoms with van der Waals surface area (Å²) in [6.07, 6.45) is 0.133. The van der Waals surface area contributed by atoms with E-state index in [1.54, 1.807) is 23.8 Å². The second-order valence-corrected chi connectivity index (χ2v) is 4.95. The molecule has 2 amide bonds. The summed E-state index contributed by atoms with van der Waals surface area (Å²) in [6, 6.07) is 0. The van der Waals surface area contributed by atoms with Crippen LogP contribution in [-0.4, -0.2) is 79.1 Å². The molecule has 110 valence electrons. The molecule has 1 fully saturated rings. The summed E-state index contributed by atoms with van der Waals surface area (Å²) >= 11 is 0. The topological polar surface area (TPSA) is 53.1 Å². The zero-order valence-corrected chi connectivity index (χ0v) is 12.4. The van der Waals surface area contributed by atoms with Gasteiger partial charge in [-0.3, -0.25) is 14.5 Å². The summed E-state index contributed by atoms with van der Waals surface area (Å²) in [5.74, 6) is 0.0646. The second-order valence-electron chi connectivity index (χ2n) is 4.95. The number of likely N-dealkylation sites (N-methyl/N-ethyl adjacent to an activating group) is 1. The highest BCUT2D eigenvalue weighted by molar-refractivity contribution is 5.74. The van der Waals surface area contributed by atoms with Crippen molar-refractivity contribution >= 4 is 11.8 Å². The van der Waals surface area contributed by atoms with Gasteiger partial charge in [-0.15, -0.1) is 0 Å². The third-order valence-corrected chi connectivity index (χ3v) is 3.60. The molecule has 0 aromatic rings. The lowest BCUT2D eigenvalue weighted by Crippen LogP contribution is -2.42. The minimum Gasteiger partial charge on any atom is -0.362 e. The minimum absolute atomic E-state index is 0.0186. The number of rotatable bonds is 6. The summed E-state index contributed by atoms with van der Waals surface area (Å²) < 4.78 is 5.46. The Morgan fingerprint density at radius 1 is 1.21 bits per heavy atom. The standard InChI is InChI=1S/C13H25N3O3/c1-11(17)14(4)5-6-15(12(2)18)7-8-16-9-10-19-13(16)3/h13H,5-10H2,1-4H3. The predicted octanol–water partition coefficient (Wildman–Crippen LogP) is -0.00860. The number of ether oxygens (including phenoxy) is 1. The highest BCUT2D eigenvalue weighted by Crippen LogP contribution is 2.08. The Hall–Kier alpha value is -1.14. The largest absolute Gasteiger partial charge is 0.362 e. The number of amides is 2. The van der Waals surface area contributed by atoms with Gasteiger partial charge >= 0.3 is 0 Å². The molecule has 0 bridgehead atoms. The van der Waals surface area contributed by atoms with Crippen molar-refractivity contribution in [2.45, 2.75) is 27.0 Å². The molecule has 1 aliphatic rings. The molecule has 1 unspecified atom stereocenters. The van der Waals surface area contributed by atoms with E-state index in [0.29, 0.717) is 19.6 Å². The molecule has 1 atom stereocenters. The summed E-state index contributed by atoms with van der Waals surface area (Å²) in [6.45, 7) is 9.43. The van der Waals surface area contributed by atoms with Gasteiger partial charge in [0.15, 0.2) is 0 Å². The average molecular weight is 271 g/mol. The molecule has 0 aliphatic carbocycles. The smallest absolute Gasteiger partial charge is 0.219 e. The molecule has 0 spiro atoms. The highest BCUT2D eigenvalue weighted by atomic mass is 16.5. The van der Waals surface area contributed by atoms with E-state index in [0.717, 1.165) is 19.7 Å². The van der Waals surface area contributed by atoms with Crippen molar-refractivity contribution in [3.05, 3.63) is 0 Å². The van der Waals surface area contributed by atoms with E-state index in [4.69, 9.17) is 4.74 Å². The van der Waals surface area contributed by atoms with E-state index in [2.05, 4.69) is 4.90 Å². The highest BCUT2D eigenvalue weighted by Gasteiger charge is 2.21. The maximum Gasteiger partial charge on any atom is 0.219 e. The van der Waals surface area contributed by atoms with Crippen LogP contribution in [-0.2, 0) is 14.3 Å². The lowest BCUT2D eigenvalue weighted by molar-refractivity contribution is -0.132. The van der Waals surface area contributed by atoms with Crippen molar-refractivity contribution in [1.82, 2.24) is 14.7 Å². The molecule has 1 aliphatic heterocycles. The second kappa shape index (κ2) is 7.45. The maximum atomic E-state index is 11.6. The third kappa shape index (κ3) is 5.16. The van der Waals surface area contributed by atoms with Crippen LogP contribution in [0.5, 0.6) is 0 Å². The Bertz CT molecular complexity index is 322. The number of hydrogen-bond donors (Lipinski definition) is 0. The molecule has 0 N–H and O–H groups in total. The minimum atomic E-state index is 0.0186. The van der Waals surface area contributed by atoms with E-state index < -0.39 is 0 Å². The van der Waals surface area contributed by atoms with Gasteiger partial charge in [0.1, 0.15) is 6.23 Å². The fourth-order valence-electron chi connectivity index (χ4n) is 2.03. The first-order valence-corrected chi connectivity index (χ1v) is 6.74. The molecule has 6 nitrogen and oxygen atoms in total. The Kier molecular flexibility index (Phi) is 6.24.